The Morgan fingerprint density at radius 1 is 1.41 bits per heavy atom. The second-order valence-electron chi connectivity index (χ2n) is 4.76. The van der Waals surface area contributed by atoms with Crippen molar-refractivity contribution in [2.75, 3.05) is 32.0 Å². The van der Waals surface area contributed by atoms with Gasteiger partial charge in [0.05, 0.1) is 5.02 Å². The van der Waals surface area contributed by atoms with Crippen LogP contribution in [0.25, 0.3) is 0 Å². The van der Waals surface area contributed by atoms with Crippen molar-refractivity contribution in [2.45, 2.75) is 12.8 Å². The monoisotopic (exact) mass is 256 g/mol. The first-order chi connectivity index (χ1) is 8.15. The van der Waals surface area contributed by atoms with E-state index in [1.807, 2.05) is 6.07 Å². The summed E-state index contributed by atoms with van der Waals surface area (Å²) in [6.07, 6.45) is 2.42. The summed E-state index contributed by atoms with van der Waals surface area (Å²) in [5, 5.41) is 3.46. The van der Waals surface area contributed by atoms with Crippen LogP contribution in [0, 0.1) is 11.7 Å². The summed E-state index contributed by atoms with van der Waals surface area (Å²) in [7, 11) is 2.15. The molecule has 1 fully saturated rings. The van der Waals surface area contributed by atoms with Crippen LogP contribution < -0.4 is 5.32 Å². The quantitative estimate of drug-likeness (QED) is 0.893. The molecule has 0 radical (unpaired) electrons. The van der Waals surface area contributed by atoms with E-state index in [9.17, 15) is 4.39 Å². The maximum atomic E-state index is 13.2. The number of benzene rings is 1. The van der Waals surface area contributed by atoms with Crippen LogP contribution >= 0.6 is 11.6 Å². The van der Waals surface area contributed by atoms with Crippen molar-refractivity contribution < 1.29 is 4.39 Å². The van der Waals surface area contributed by atoms with Gasteiger partial charge < -0.3 is 10.2 Å². The minimum atomic E-state index is -0.361. The minimum Gasteiger partial charge on any atom is -0.385 e. The Morgan fingerprint density at radius 3 is 2.76 bits per heavy atom. The molecule has 0 amide bonds. The maximum Gasteiger partial charge on any atom is 0.143 e. The molecule has 0 atom stereocenters. The van der Waals surface area contributed by atoms with Crippen LogP contribution in [0.15, 0.2) is 18.2 Å². The molecule has 1 aromatic rings. The molecule has 1 N–H and O–H groups in total. The Balaban J connectivity index is 1.83. The lowest BCUT2D eigenvalue weighted by molar-refractivity contribution is 0.226. The van der Waals surface area contributed by atoms with Crippen molar-refractivity contribution in [1.29, 1.82) is 0 Å². The number of hydrogen-bond donors (Lipinski definition) is 1. The molecule has 1 aliphatic heterocycles. The van der Waals surface area contributed by atoms with E-state index in [2.05, 4.69) is 17.3 Å². The van der Waals surface area contributed by atoms with Gasteiger partial charge in [0.1, 0.15) is 5.82 Å². The van der Waals surface area contributed by atoms with Gasteiger partial charge in [-0.2, -0.15) is 0 Å². The zero-order valence-electron chi connectivity index (χ0n) is 10.0. The summed E-state index contributed by atoms with van der Waals surface area (Å²) in [6, 6.07) is 4.87. The zero-order valence-corrected chi connectivity index (χ0v) is 10.8. The average molecular weight is 257 g/mol. The molecule has 17 heavy (non-hydrogen) atoms. The highest BCUT2D eigenvalue weighted by Crippen LogP contribution is 2.20. The fourth-order valence-corrected chi connectivity index (χ4v) is 2.25. The first kappa shape index (κ1) is 12.7. The third-order valence-corrected chi connectivity index (χ3v) is 3.66. The molecule has 1 saturated heterocycles. The highest BCUT2D eigenvalue weighted by molar-refractivity contribution is 6.30. The molecule has 0 unspecified atom stereocenters. The number of nitrogens with zero attached hydrogens (tertiary/aromatic N) is 1. The standard InChI is InChI=1S/C13H18ClFN2/c1-17-6-4-10(5-7-17)9-16-11-2-3-12(14)13(15)8-11/h2-3,8,10,16H,4-7,9H2,1H3. The Morgan fingerprint density at radius 2 is 2.12 bits per heavy atom. The van der Waals surface area contributed by atoms with E-state index >= 15 is 0 Å². The fourth-order valence-electron chi connectivity index (χ4n) is 2.13. The zero-order chi connectivity index (χ0) is 12.3. The predicted octanol–water partition coefficient (Wildman–Crippen LogP) is 3.23. The lowest BCUT2D eigenvalue weighted by Crippen LogP contribution is -2.32. The predicted molar refractivity (Wildman–Crippen MR) is 70.1 cm³/mol. The molecule has 0 saturated carbocycles. The molecule has 0 aliphatic carbocycles. The van der Waals surface area contributed by atoms with E-state index in [-0.39, 0.29) is 10.8 Å². The molecule has 94 valence electrons. The third kappa shape index (κ3) is 3.58. The molecule has 4 heteroatoms. The van der Waals surface area contributed by atoms with Crippen LogP contribution in [0.2, 0.25) is 5.02 Å². The largest absolute Gasteiger partial charge is 0.385 e. The van der Waals surface area contributed by atoms with Crippen molar-refractivity contribution in [2.24, 2.45) is 5.92 Å². The summed E-state index contributed by atoms with van der Waals surface area (Å²) in [5.41, 5.74) is 0.811. The van der Waals surface area contributed by atoms with Gasteiger partial charge in [-0.05, 0) is 57.1 Å². The minimum absolute atomic E-state index is 0.176. The molecule has 1 aromatic carbocycles. The number of rotatable bonds is 3. The highest BCUT2D eigenvalue weighted by atomic mass is 35.5. The molecular formula is C13H18ClFN2. The summed E-state index contributed by atoms with van der Waals surface area (Å²) in [4.78, 5) is 2.35. The van der Waals surface area contributed by atoms with Gasteiger partial charge in [-0.15, -0.1) is 0 Å². The van der Waals surface area contributed by atoms with E-state index in [1.54, 1.807) is 6.07 Å². The molecule has 0 spiro atoms. The van der Waals surface area contributed by atoms with E-state index in [0.29, 0.717) is 5.92 Å². The number of piperidine rings is 1. The summed E-state index contributed by atoms with van der Waals surface area (Å²) in [6.45, 7) is 3.22. The Hall–Kier alpha value is -0.800. The van der Waals surface area contributed by atoms with Crippen LogP contribution in [0.5, 0.6) is 0 Å². The van der Waals surface area contributed by atoms with E-state index in [4.69, 9.17) is 11.6 Å². The van der Waals surface area contributed by atoms with Gasteiger partial charge in [-0.25, -0.2) is 4.39 Å². The lowest BCUT2D eigenvalue weighted by Gasteiger charge is -2.29. The Labute approximate surface area is 107 Å². The van der Waals surface area contributed by atoms with Gasteiger partial charge in [0.25, 0.3) is 0 Å². The molecule has 0 bridgehead atoms. The number of anilines is 1. The van der Waals surface area contributed by atoms with Crippen LogP contribution in [0.4, 0.5) is 10.1 Å². The molecule has 1 heterocycles. The molecule has 1 aliphatic rings. The normalized spacial score (nSPS) is 18.3. The second kappa shape index (κ2) is 5.69. The van der Waals surface area contributed by atoms with Gasteiger partial charge in [0.2, 0.25) is 0 Å². The van der Waals surface area contributed by atoms with E-state index in [0.717, 1.165) is 25.3 Å². The molecule has 2 rings (SSSR count). The number of nitrogens with one attached hydrogen (secondary N) is 1. The third-order valence-electron chi connectivity index (χ3n) is 3.35. The van der Waals surface area contributed by atoms with Crippen LogP contribution in [0.3, 0.4) is 0 Å². The van der Waals surface area contributed by atoms with Gasteiger partial charge in [-0.3, -0.25) is 0 Å². The van der Waals surface area contributed by atoms with Gasteiger partial charge >= 0.3 is 0 Å². The first-order valence-electron chi connectivity index (χ1n) is 6.02. The van der Waals surface area contributed by atoms with Crippen LogP contribution in [-0.4, -0.2) is 31.6 Å². The van der Waals surface area contributed by atoms with Crippen LogP contribution in [0.1, 0.15) is 12.8 Å². The SMILES string of the molecule is CN1CCC(CNc2ccc(Cl)c(F)c2)CC1. The topological polar surface area (TPSA) is 15.3 Å². The van der Waals surface area contributed by atoms with Crippen molar-refractivity contribution in [3.8, 4) is 0 Å². The van der Waals surface area contributed by atoms with Gasteiger partial charge in [-0.1, -0.05) is 11.6 Å². The van der Waals surface area contributed by atoms with Crippen molar-refractivity contribution >= 4 is 17.3 Å². The number of halogens is 2. The molecular weight excluding hydrogens is 239 g/mol. The van der Waals surface area contributed by atoms with Gasteiger partial charge in [0.15, 0.2) is 0 Å². The molecule has 0 aromatic heterocycles. The van der Waals surface area contributed by atoms with Crippen molar-refractivity contribution in [3.05, 3.63) is 29.0 Å². The van der Waals surface area contributed by atoms with Gasteiger partial charge in [0, 0.05) is 12.2 Å². The van der Waals surface area contributed by atoms with Crippen molar-refractivity contribution in [1.82, 2.24) is 4.90 Å². The number of likely N-dealkylation sites (tertiary alicyclic amines) is 1. The smallest absolute Gasteiger partial charge is 0.143 e. The second-order valence-corrected chi connectivity index (χ2v) is 5.16. The van der Waals surface area contributed by atoms with E-state index in [1.165, 1.54) is 18.9 Å². The van der Waals surface area contributed by atoms with Crippen LogP contribution in [-0.2, 0) is 0 Å². The first-order valence-corrected chi connectivity index (χ1v) is 6.40. The Kier molecular flexibility index (Phi) is 4.24. The molecule has 2 nitrogen and oxygen atoms in total. The highest BCUT2D eigenvalue weighted by Gasteiger charge is 2.16. The fraction of sp³-hybridized carbons (Fsp3) is 0.538. The van der Waals surface area contributed by atoms with E-state index < -0.39 is 0 Å². The summed E-state index contributed by atoms with van der Waals surface area (Å²) < 4.78 is 13.2. The average Bonchev–Trinajstić information content (AvgIpc) is 2.33. The summed E-state index contributed by atoms with van der Waals surface area (Å²) >= 11 is 5.64. The lowest BCUT2D eigenvalue weighted by atomic mass is 9.97. The maximum absolute atomic E-state index is 13.2. The summed E-state index contributed by atoms with van der Waals surface area (Å²) in [5.74, 6) is 0.324. The Bertz CT molecular complexity index is 376. The number of hydrogen-bond acceptors (Lipinski definition) is 2. The van der Waals surface area contributed by atoms with Crippen molar-refractivity contribution in [3.63, 3.8) is 0 Å².